The molecule has 56 valence electrons. The van der Waals surface area contributed by atoms with Gasteiger partial charge in [-0.15, -0.1) is 0 Å². The summed E-state index contributed by atoms with van der Waals surface area (Å²) in [5.74, 6) is 0. The maximum absolute atomic E-state index is 4.12. The van der Waals surface area contributed by atoms with Crippen LogP contribution in [0.1, 0.15) is 5.69 Å². The molecular weight excluding hydrogens is 138 g/mol. The molecule has 3 nitrogen and oxygen atoms in total. The highest BCUT2D eigenvalue weighted by Gasteiger charge is 2.01. The summed E-state index contributed by atoms with van der Waals surface area (Å²) in [7, 11) is 0. The summed E-state index contributed by atoms with van der Waals surface area (Å²) in [5.41, 5.74) is 5.94. The molecule has 2 rings (SSSR count). The normalized spacial score (nSPS) is 10.6. The van der Waals surface area contributed by atoms with Gasteiger partial charge in [-0.2, -0.15) is 5.10 Å². The number of hydrogen-bond donors (Lipinski definition) is 2. The van der Waals surface area contributed by atoms with Crippen molar-refractivity contribution in [3.05, 3.63) is 30.0 Å². The van der Waals surface area contributed by atoms with Crippen LogP contribution < -0.4 is 5.73 Å². The van der Waals surface area contributed by atoms with E-state index >= 15 is 0 Å². The number of quaternary nitrogens is 1. The molecule has 0 saturated heterocycles. The summed E-state index contributed by atoms with van der Waals surface area (Å²) in [5, 5.41) is 8.26. The number of aromatic nitrogens is 2. The lowest BCUT2D eigenvalue weighted by Gasteiger charge is -1.87. The third-order valence-corrected chi connectivity index (χ3v) is 1.79. The van der Waals surface area contributed by atoms with E-state index in [-0.39, 0.29) is 0 Å². The third kappa shape index (κ3) is 0.897. The van der Waals surface area contributed by atoms with Gasteiger partial charge in [0.2, 0.25) is 0 Å². The number of para-hydroxylation sites is 1. The summed E-state index contributed by atoms with van der Waals surface area (Å²) in [4.78, 5) is 0. The molecule has 2 aromatic rings. The maximum Gasteiger partial charge on any atom is 0.117 e. The quantitative estimate of drug-likeness (QED) is 0.600. The predicted octanol–water partition coefficient (Wildman–Crippen LogP) is 0.305. The Morgan fingerprint density at radius 2 is 2.18 bits per heavy atom. The van der Waals surface area contributed by atoms with Crippen molar-refractivity contribution < 1.29 is 5.73 Å². The van der Waals surface area contributed by atoms with E-state index in [9.17, 15) is 0 Å². The topological polar surface area (TPSA) is 56.3 Å². The summed E-state index contributed by atoms with van der Waals surface area (Å²) in [6, 6.07) is 8.04. The van der Waals surface area contributed by atoms with Crippen LogP contribution in [0.15, 0.2) is 24.3 Å². The van der Waals surface area contributed by atoms with E-state index < -0.39 is 0 Å². The number of fused-ring (bicyclic) bond motifs is 1. The Kier molecular flexibility index (Phi) is 1.36. The number of aromatic amines is 1. The van der Waals surface area contributed by atoms with Crippen molar-refractivity contribution in [3.8, 4) is 0 Å². The molecule has 0 bridgehead atoms. The van der Waals surface area contributed by atoms with Crippen LogP contribution in [0.3, 0.4) is 0 Å². The fourth-order valence-corrected chi connectivity index (χ4v) is 1.20. The summed E-state index contributed by atoms with van der Waals surface area (Å²) in [6.45, 7) is 0.764. The lowest BCUT2D eigenvalue weighted by Crippen LogP contribution is -2.47. The van der Waals surface area contributed by atoms with Crippen LogP contribution in [0.5, 0.6) is 0 Å². The molecule has 0 fully saturated rings. The van der Waals surface area contributed by atoms with E-state index in [0.717, 1.165) is 17.8 Å². The van der Waals surface area contributed by atoms with E-state index in [0.29, 0.717) is 0 Å². The number of H-pyrrole nitrogens is 1. The van der Waals surface area contributed by atoms with Gasteiger partial charge in [-0.25, -0.2) is 0 Å². The standard InChI is InChI=1S/C8H9N3/c9-5-8-6-3-1-2-4-7(6)10-11-8/h1-4H,5,9H2,(H,10,11)/p+1. The van der Waals surface area contributed by atoms with E-state index in [1.54, 1.807) is 0 Å². The Bertz CT molecular complexity index is 364. The van der Waals surface area contributed by atoms with E-state index in [1.165, 1.54) is 5.39 Å². The van der Waals surface area contributed by atoms with Gasteiger partial charge < -0.3 is 5.73 Å². The van der Waals surface area contributed by atoms with Gasteiger partial charge in [-0.1, -0.05) is 18.2 Å². The first-order valence-electron chi connectivity index (χ1n) is 3.63. The number of benzene rings is 1. The Morgan fingerprint density at radius 3 is 3.00 bits per heavy atom. The average Bonchev–Trinajstić information content (AvgIpc) is 2.47. The van der Waals surface area contributed by atoms with Gasteiger partial charge in [0.05, 0.1) is 11.2 Å². The fraction of sp³-hybridized carbons (Fsp3) is 0.125. The van der Waals surface area contributed by atoms with Crippen molar-refractivity contribution in [3.63, 3.8) is 0 Å². The molecular formula is C8H10N3+. The summed E-state index contributed by atoms with van der Waals surface area (Å²) >= 11 is 0. The van der Waals surface area contributed by atoms with Crippen LogP contribution in [0.2, 0.25) is 0 Å². The molecule has 0 unspecified atom stereocenters. The van der Waals surface area contributed by atoms with Gasteiger partial charge in [-0.05, 0) is 6.07 Å². The van der Waals surface area contributed by atoms with Crippen LogP contribution in [-0.4, -0.2) is 10.2 Å². The minimum Gasteiger partial charge on any atom is -0.353 e. The zero-order valence-corrected chi connectivity index (χ0v) is 6.17. The molecule has 1 heterocycles. The lowest BCUT2D eigenvalue weighted by molar-refractivity contribution is -0.387. The molecule has 0 spiro atoms. The zero-order chi connectivity index (χ0) is 7.68. The molecule has 0 radical (unpaired) electrons. The van der Waals surface area contributed by atoms with Crippen LogP contribution in [0, 0.1) is 0 Å². The van der Waals surface area contributed by atoms with Gasteiger partial charge >= 0.3 is 0 Å². The van der Waals surface area contributed by atoms with Crippen molar-refractivity contribution in [2.75, 3.05) is 0 Å². The zero-order valence-electron chi connectivity index (χ0n) is 6.17. The molecule has 0 amide bonds. The van der Waals surface area contributed by atoms with E-state index in [1.807, 2.05) is 18.2 Å². The van der Waals surface area contributed by atoms with Gasteiger partial charge in [0.25, 0.3) is 0 Å². The van der Waals surface area contributed by atoms with Crippen LogP contribution in [0.4, 0.5) is 0 Å². The molecule has 0 aliphatic carbocycles. The second kappa shape index (κ2) is 2.36. The molecule has 0 aliphatic heterocycles. The molecule has 3 heteroatoms. The maximum atomic E-state index is 4.12. The lowest BCUT2D eigenvalue weighted by atomic mass is 10.2. The number of hydrogen-bond acceptors (Lipinski definition) is 1. The van der Waals surface area contributed by atoms with Gasteiger partial charge in [0.1, 0.15) is 6.54 Å². The smallest absolute Gasteiger partial charge is 0.117 e. The number of nitrogens with one attached hydrogen (secondary N) is 1. The SMILES string of the molecule is [NH3+]Cc1[nH]nc2ccccc12. The molecule has 4 N–H and O–H groups in total. The van der Waals surface area contributed by atoms with Crippen molar-refractivity contribution in [1.82, 2.24) is 10.2 Å². The highest BCUT2D eigenvalue weighted by atomic mass is 15.1. The summed E-state index contributed by atoms with van der Waals surface area (Å²) < 4.78 is 0. The molecule has 11 heavy (non-hydrogen) atoms. The molecule has 0 atom stereocenters. The predicted molar refractivity (Wildman–Crippen MR) is 42.7 cm³/mol. The van der Waals surface area contributed by atoms with Crippen molar-refractivity contribution >= 4 is 10.9 Å². The number of nitrogens with zero attached hydrogens (tertiary/aromatic N) is 1. The third-order valence-electron chi connectivity index (χ3n) is 1.79. The van der Waals surface area contributed by atoms with Gasteiger partial charge in [0, 0.05) is 5.39 Å². The Labute approximate surface area is 64.2 Å². The van der Waals surface area contributed by atoms with Crippen molar-refractivity contribution in [1.29, 1.82) is 0 Å². The number of rotatable bonds is 1. The first-order valence-corrected chi connectivity index (χ1v) is 3.63. The Balaban J connectivity index is 2.76. The van der Waals surface area contributed by atoms with Crippen LogP contribution >= 0.6 is 0 Å². The van der Waals surface area contributed by atoms with Crippen molar-refractivity contribution in [2.45, 2.75) is 6.54 Å². The second-order valence-corrected chi connectivity index (χ2v) is 2.47. The fourth-order valence-electron chi connectivity index (χ4n) is 1.20. The molecule has 1 aromatic carbocycles. The van der Waals surface area contributed by atoms with Gasteiger partial charge in [-0.3, -0.25) is 5.10 Å². The largest absolute Gasteiger partial charge is 0.353 e. The minimum absolute atomic E-state index is 0.764. The summed E-state index contributed by atoms with van der Waals surface area (Å²) in [6.07, 6.45) is 0. The highest BCUT2D eigenvalue weighted by molar-refractivity contribution is 5.80. The second-order valence-electron chi connectivity index (χ2n) is 2.47. The van der Waals surface area contributed by atoms with E-state index in [4.69, 9.17) is 0 Å². The molecule has 0 aliphatic rings. The first-order chi connectivity index (χ1) is 5.42. The van der Waals surface area contributed by atoms with Crippen LogP contribution in [0.25, 0.3) is 10.9 Å². The highest BCUT2D eigenvalue weighted by Crippen LogP contribution is 2.13. The molecule has 1 aromatic heterocycles. The Morgan fingerprint density at radius 1 is 1.36 bits per heavy atom. The van der Waals surface area contributed by atoms with Gasteiger partial charge in [0.15, 0.2) is 0 Å². The van der Waals surface area contributed by atoms with Crippen molar-refractivity contribution in [2.24, 2.45) is 0 Å². The van der Waals surface area contributed by atoms with E-state index in [2.05, 4.69) is 22.0 Å². The average molecular weight is 148 g/mol. The minimum atomic E-state index is 0.764. The Hall–Kier alpha value is -1.35. The van der Waals surface area contributed by atoms with Crippen LogP contribution in [-0.2, 0) is 6.54 Å². The monoisotopic (exact) mass is 148 g/mol. The first kappa shape index (κ1) is 6.37. The molecule has 0 saturated carbocycles.